The van der Waals surface area contributed by atoms with Gasteiger partial charge in [0.2, 0.25) is 0 Å². The molecule has 0 unspecified atom stereocenters. The molecule has 0 saturated heterocycles. The van der Waals surface area contributed by atoms with Gasteiger partial charge in [-0.15, -0.1) is 0 Å². The van der Waals surface area contributed by atoms with Crippen molar-refractivity contribution in [3.05, 3.63) is 58.7 Å². The van der Waals surface area contributed by atoms with E-state index in [2.05, 4.69) is 0 Å². The molecule has 0 radical (unpaired) electrons. The number of aliphatic hydroxyl groups excluding tert-OH is 1. The Morgan fingerprint density at radius 1 is 1.16 bits per heavy atom. The molecule has 3 heteroatoms. The summed E-state index contributed by atoms with van der Waals surface area (Å²) >= 11 is 0. The van der Waals surface area contributed by atoms with Gasteiger partial charge >= 0.3 is 0 Å². The number of rotatable bonds is 1. The van der Waals surface area contributed by atoms with E-state index in [1.54, 1.807) is 31.2 Å². The monoisotopic (exact) mass is 254 g/mol. The number of aliphatic hydroxyl groups is 1. The van der Waals surface area contributed by atoms with Crippen LogP contribution in [-0.2, 0) is 0 Å². The number of ketones is 2. The number of benzene rings is 1. The van der Waals surface area contributed by atoms with Crippen LogP contribution in [0.2, 0.25) is 0 Å². The Kier molecular flexibility index (Phi) is 2.72. The van der Waals surface area contributed by atoms with Crippen molar-refractivity contribution in [3.8, 4) is 0 Å². The molecule has 1 aromatic carbocycles. The van der Waals surface area contributed by atoms with E-state index in [9.17, 15) is 14.7 Å². The van der Waals surface area contributed by atoms with Crippen molar-refractivity contribution in [2.24, 2.45) is 5.92 Å². The number of allylic oxidation sites excluding steroid dienone is 2. The van der Waals surface area contributed by atoms with Crippen LogP contribution < -0.4 is 0 Å². The maximum atomic E-state index is 12.6. The maximum Gasteiger partial charge on any atom is 0.190 e. The number of carbonyl (C=O) groups excluding carboxylic acids is 2. The lowest BCUT2D eigenvalue weighted by atomic mass is 9.74. The van der Waals surface area contributed by atoms with Gasteiger partial charge in [0, 0.05) is 28.2 Å². The summed E-state index contributed by atoms with van der Waals surface area (Å²) in [5.41, 5.74) is 1.94. The molecule has 0 heterocycles. The third-order valence-electron chi connectivity index (χ3n) is 3.78. The first-order valence-electron chi connectivity index (χ1n) is 6.37. The van der Waals surface area contributed by atoms with Crippen molar-refractivity contribution in [2.45, 2.75) is 19.4 Å². The second-order valence-corrected chi connectivity index (χ2v) is 4.99. The molecule has 19 heavy (non-hydrogen) atoms. The lowest BCUT2D eigenvalue weighted by molar-refractivity contribution is 0.0939. The summed E-state index contributed by atoms with van der Waals surface area (Å²) in [6, 6.07) is 6.89. The average Bonchev–Trinajstić information content (AvgIpc) is 2.44. The lowest BCUT2D eigenvalue weighted by Gasteiger charge is -2.29. The van der Waals surface area contributed by atoms with Gasteiger partial charge in [-0.25, -0.2) is 0 Å². The zero-order valence-electron chi connectivity index (χ0n) is 10.6. The minimum atomic E-state index is -0.677. The van der Waals surface area contributed by atoms with Crippen molar-refractivity contribution in [3.63, 3.8) is 0 Å². The molecular weight excluding hydrogens is 240 g/mol. The summed E-state index contributed by atoms with van der Waals surface area (Å²) in [6.45, 7) is 1.64. The quantitative estimate of drug-likeness (QED) is 0.782. The van der Waals surface area contributed by atoms with Gasteiger partial charge in [-0.1, -0.05) is 36.4 Å². The van der Waals surface area contributed by atoms with Crippen molar-refractivity contribution < 1.29 is 14.7 Å². The standard InChI is InChI=1S/C16H14O3/c1-9(17)10-7-4-8-13-14(10)16(19)12-6-3-2-5-11(12)15(13)18/h2-7,9-10,17H,8H2,1H3/t9-,10-/m1/s1. The highest BCUT2D eigenvalue weighted by Gasteiger charge is 2.37. The highest BCUT2D eigenvalue weighted by molar-refractivity contribution is 6.27. The lowest BCUT2D eigenvalue weighted by Crippen LogP contribution is -2.31. The molecule has 3 rings (SSSR count). The molecule has 2 aliphatic carbocycles. The SMILES string of the molecule is C[C@@H](O)[C@H]1C=CCC2=C1C(=O)c1ccccc1C2=O. The van der Waals surface area contributed by atoms with Crippen molar-refractivity contribution in [1.29, 1.82) is 0 Å². The minimum Gasteiger partial charge on any atom is -0.392 e. The van der Waals surface area contributed by atoms with Gasteiger partial charge in [0.25, 0.3) is 0 Å². The number of hydrogen-bond donors (Lipinski definition) is 1. The van der Waals surface area contributed by atoms with E-state index >= 15 is 0 Å². The minimum absolute atomic E-state index is 0.0831. The highest BCUT2D eigenvalue weighted by atomic mass is 16.3. The van der Waals surface area contributed by atoms with Crippen molar-refractivity contribution >= 4 is 11.6 Å². The van der Waals surface area contributed by atoms with Crippen LogP contribution in [-0.4, -0.2) is 22.8 Å². The predicted molar refractivity (Wildman–Crippen MR) is 71.1 cm³/mol. The molecule has 3 nitrogen and oxygen atoms in total. The fraction of sp³-hybridized carbons (Fsp3) is 0.250. The molecule has 1 aromatic rings. The van der Waals surface area contributed by atoms with E-state index in [1.807, 2.05) is 12.2 Å². The summed E-state index contributed by atoms with van der Waals surface area (Å²) in [6.07, 6.45) is 3.47. The molecule has 2 aliphatic rings. The fourth-order valence-electron chi connectivity index (χ4n) is 2.83. The van der Waals surface area contributed by atoms with Gasteiger partial charge in [0.1, 0.15) is 0 Å². The summed E-state index contributed by atoms with van der Waals surface area (Å²) in [7, 11) is 0. The fourth-order valence-corrected chi connectivity index (χ4v) is 2.83. The summed E-state index contributed by atoms with van der Waals surface area (Å²) in [5.74, 6) is -0.589. The Morgan fingerprint density at radius 2 is 1.79 bits per heavy atom. The zero-order chi connectivity index (χ0) is 13.6. The molecular formula is C16H14O3. The smallest absolute Gasteiger partial charge is 0.190 e. The van der Waals surface area contributed by atoms with Crippen LogP contribution in [0.15, 0.2) is 47.6 Å². The van der Waals surface area contributed by atoms with Crippen LogP contribution in [0.3, 0.4) is 0 Å². The van der Waals surface area contributed by atoms with Gasteiger partial charge in [-0.05, 0) is 13.3 Å². The van der Waals surface area contributed by atoms with Crippen LogP contribution in [0.4, 0.5) is 0 Å². The maximum absolute atomic E-state index is 12.6. The normalized spacial score (nSPS) is 23.2. The number of fused-ring (bicyclic) bond motifs is 1. The first kappa shape index (κ1) is 12.1. The van der Waals surface area contributed by atoms with Gasteiger partial charge < -0.3 is 5.11 Å². The van der Waals surface area contributed by atoms with Gasteiger partial charge in [-0.2, -0.15) is 0 Å². The molecule has 0 aromatic heterocycles. The predicted octanol–water partition coefficient (Wildman–Crippen LogP) is 2.32. The summed E-state index contributed by atoms with van der Waals surface area (Å²) in [4.78, 5) is 25.0. The first-order chi connectivity index (χ1) is 9.11. The Labute approximate surface area is 111 Å². The summed E-state index contributed by atoms with van der Waals surface area (Å²) in [5, 5.41) is 9.82. The first-order valence-corrected chi connectivity index (χ1v) is 6.37. The van der Waals surface area contributed by atoms with Gasteiger partial charge in [-0.3, -0.25) is 9.59 Å². The molecule has 0 saturated carbocycles. The van der Waals surface area contributed by atoms with Crippen LogP contribution in [0.1, 0.15) is 34.1 Å². The Hall–Kier alpha value is -2.00. The molecule has 0 fully saturated rings. The van der Waals surface area contributed by atoms with Crippen LogP contribution >= 0.6 is 0 Å². The number of hydrogen-bond acceptors (Lipinski definition) is 3. The highest BCUT2D eigenvalue weighted by Crippen LogP contribution is 2.36. The van der Waals surface area contributed by atoms with E-state index < -0.39 is 6.10 Å². The molecule has 2 atom stereocenters. The second kappa shape index (κ2) is 4.28. The average molecular weight is 254 g/mol. The Morgan fingerprint density at radius 3 is 2.42 bits per heavy atom. The summed E-state index contributed by atoms with van der Waals surface area (Å²) < 4.78 is 0. The zero-order valence-corrected chi connectivity index (χ0v) is 10.6. The molecule has 0 aliphatic heterocycles. The molecule has 0 spiro atoms. The van der Waals surface area contributed by atoms with Crippen LogP contribution in [0, 0.1) is 5.92 Å². The van der Waals surface area contributed by atoms with E-state index in [0.717, 1.165) is 0 Å². The van der Waals surface area contributed by atoms with Crippen molar-refractivity contribution in [2.75, 3.05) is 0 Å². The van der Waals surface area contributed by atoms with E-state index in [1.165, 1.54) is 0 Å². The van der Waals surface area contributed by atoms with Gasteiger partial charge in [0.15, 0.2) is 11.6 Å². The van der Waals surface area contributed by atoms with E-state index in [-0.39, 0.29) is 17.5 Å². The van der Waals surface area contributed by atoms with Crippen LogP contribution in [0.25, 0.3) is 0 Å². The molecule has 0 amide bonds. The molecule has 1 N–H and O–H groups in total. The van der Waals surface area contributed by atoms with Crippen LogP contribution in [0.5, 0.6) is 0 Å². The second-order valence-electron chi connectivity index (χ2n) is 4.99. The topological polar surface area (TPSA) is 54.4 Å². The third-order valence-corrected chi connectivity index (χ3v) is 3.78. The Bertz CT molecular complexity index is 635. The van der Waals surface area contributed by atoms with E-state index in [4.69, 9.17) is 0 Å². The Balaban J connectivity index is 2.20. The number of Topliss-reactive ketones (excluding diaryl/α,β-unsaturated/α-hetero) is 2. The van der Waals surface area contributed by atoms with Gasteiger partial charge in [0.05, 0.1) is 6.10 Å². The van der Waals surface area contributed by atoms with Crippen molar-refractivity contribution in [1.82, 2.24) is 0 Å². The van der Waals surface area contributed by atoms with E-state index in [0.29, 0.717) is 28.7 Å². The molecule has 0 bridgehead atoms. The number of carbonyl (C=O) groups is 2. The third kappa shape index (κ3) is 1.70. The molecule has 96 valence electrons. The largest absolute Gasteiger partial charge is 0.392 e.